The monoisotopic (exact) mass is 218 g/mol. The summed E-state index contributed by atoms with van der Waals surface area (Å²) in [6.07, 6.45) is 0.840. The van der Waals surface area contributed by atoms with E-state index in [9.17, 15) is 0 Å². The van der Waals surface area contributed by atoms with Gasteiger partial charge in [-0.25, -0.2) is 0 Å². The van der Waals surface area contributed by atoms with Crippen molar-refractivity contribution in [2.75, 3.05) is 40.0 Å². The average molecular weight is 218 g/mol. The Morgan fingerprint density at radius 1 is 1.33 bits per heavy atom. The zero-order valence-electron chi connectivity index (χ0n) is 10.3. The molecule has 4 nitrogen and oxygen atoms in total. The average Bonchev–Trinajstić information content (AvgIpc) is 2.20. The van der Waals surface area contributed by atoms with Crippen molar-refractivity contribution in [3.63, 3.8) is 0 Å². The lowest BCUT2D eigenvalue weighted by molar-refractivity contribution is 0.135. The summed E-state index contributed by atoms with van der Waals surface area (Å²) in [5.41, 5.74) is 5.67. The van der Waals surface area contributed by atoms with E-state index in [-0.39, 0.29) is 12.6 Å². The molecule has 0 aromatic carbocycles. The highest BCUT2D eigenvalue weighted by Crippen LogP contribution is 2.01. The van der Waals surface area contributed by atoms with Crippen molar-refractivity contribution >= 4 is 0 Å². The van der Waals surface area contributed by atoms with Gasteiger partial charge in [-0.3, -0.25) is 0 Å². The van der Waals surface area contributed by atoms with Crippen LogP contribution in [-0.2, 0) is 4.74 Å². The van der Waals surface area contributed by atoms with Gasteiger partial charge in [0, 0.05) is 26.2 Å². The van der Waals surface area contributed by atoms with Crippen molar-refractivity contribution < 1.29 is 9.84 Å². The predicted molar refractivity (Wildman–Crippen MR) is 62.8 cm³/mol. The number of methoxy groups -OCH3 is 1. The zero-order chi connectivity index (χ0) is 11.7. The number of ether oxygens (including phenoxy) is 1. The summed E-state index contributed by atoms with van der Waals surface area (Å²) in [6.45, 7) is 8.15. The normalized spacial score (nSPS) is 13.8. The SMILES string of the molecule is COCCN(CCC(N)CO)CC(C)C. The second-order valence-electron chi connectivity index (χ2n) is 4.42. The first-order valence-corrected chi connectivity index (χ1v) is 5.67. The van der Waals surface area contributed by atoms with Gasteiger partial charge in [-0.2, -0.15) is 0 Å². The second kappa shape index (κ2) is 9.09. The molecule has 0 aliphatic heterocycles. The van der Waals surface area contributed by atoms with Crippen LogP contribution in [-0.4, -0.2) is 56.0 Å². The molecule has 92 valence electrons. The van der Waals surface area contributed by atoms with Gasteiger partial charge in [0.2, 0.25) is 0 Å². The lowest BCUT2D eigenvalue weighted by atomic mass is 10.1. The van der Waals surface area contributed by atoms with Crippen LogP contribution in [0.3, 0.4) is 0 Å². The number of hydrogen-bond acceptors (Lipinski definition) is 4. The minimum absolute atomic E-state index is 0.0692. The van der Waals surface area contributed by atoms with E-state index >= 15 is 0 Å². The fourth-order valence-electron chi connectivity index (χ4n) is 1.47. The maximum atomic E-state index is 8.84. The molecule has 1 atom stereocenters. The minimum Gasteiger partial charge on any atom is -0.395 e. The Bertz CT molecular complexity index is 143. The van der Waals surface area contributed by atoms with Crippen LogP contribution < -0.4 is 5.73 Å². The molecule has 0 saturated heterocycles. The molecular weight excluding hydrogens is 192 g/mol. The highest BCUT2D eigenvalue weighted by molar-refractivity contribution is 4.65. The van der Waals surface area contributed by atoms with Gasteiger partial charge in [-0.1, -0.05) is 13.8 Å². The van der Waals surface area contributed by atoms with Crippen LogP contribution >= 0.6 is 0 Å². The molecule has 0 aromatic heterocycles. The summed E-state index contributed by atoms with van der Waals surface area (Å²) < 4.78 is 5.06. The third-order valence-electron chi connectivity index (χ3n) is 2.29. The molecule has 0 aliphatic rings. The van der Waals surface area contributed by atoms with Crippen LogP contribution in [0.15, 0.2) is 0 Å². The van der Waals surface area contributed by atoms with Crippen LogP contribution in [0, 0.1) is 5.92 Å². The van der Waals surface area contributed by atoms with E-state index in [1.54, 1.807) is 7.11 Å². The number of nitrogens with two attached hydrogens (primary N) is 1. The molecule has 0 aliphatic carbocycles. The minimum atomic E-state index is -0.0952. The summed E-state index contributed by atoms with van der Waals surface area (Å²) >= 11 is 0. The molecule has 4 heteroatoms. The highest BCUT2D eigenvalue weighted by atomic mass is 16.5. The summed E-state index contributed by atoms with van der Waals surface area (Å²) in [5, 5.41) is 8.84. The third kappa shape index (κ3) is 8.81. The first-order valence-electron chi connectivity index (χ1n) is 5.67. The van der Waals surface area contributed by atoms with Gasteiger partial charge in [0.25, 0.3) is 0 Å². The first kappa shape index (κ1) is 14.8. The van der Waals surface area contributed by atoms with E-state index in [0.717, 1.165) is 32.7 Å². The van der Waals surface area contributed by atoms with Crippen molar-refractivity contribution in [2.45, 2.75) is 26.3 Å². The Morgan fingerprint density at radius 3 is 2.47 bits per heavy atom. The molecule has 0 aromatic rings. The maximum absolute atomic E-state index is 8.84. The van der Waals surface area contributed by atoms with Gasteiger partial charge in [-0.05, 0) is 18.9 Å². The lowest BCUT2D eigenvalue weighted by Crippen LogP contribution is -2.36. The molecule has 0 fully saturated rings. The van der Waals surface area contributed by atoms with Crippen molar-refractivity contribution in [3.05, 3.63) is 0 Å². The number of aliphatic hydroxyl groups excluding tert-OH is 1. The quantitative estimate of drug-likeness (QED) is 0.584. The standard InChI is InChI=1S/C11H26N2O2/c1-10(2)8-13(6-7-15-3)5-4-11(12)9-14/h10-11,14H,4-9,12H2,1-3H3. The highest BCUT2D eigenvalue weighted by Gasteiger charge is 2.09. The molecule has 0 spiro atoms. The molecule has 0 heterocycles. The van der Waals surface area contributed by atoms with Gasteiger partial charge in [0.05, 0.1) is 13.2 Å². The Kier molecular flexibility index (Phi) is 9.00. The fourth-order valence-corrected chi connectivity index (χ4v) is 1.47. The maximum Gasteiger partial charge on any atom is 0.0589 e. The van der Waals surface area contributed by atoms with Gasteiger partial charge in [-0.15, -0.1) is 0 Å². The van der Waals surface area contributed by atoms with E-state index in [2.05, 4.69) is 18.7 Å². The molecule has 0 amide bonds. The fraction of sp³-hybridized carbons (Fsp3) is 1.00. The van der Waals surface area contributed by atoms with E-state index in [0.29, 0.717) is 5.92 Å². The van der Waals surface area contributed by atoms with E-state index in [1.165, 1.54) is 0 Å². The van der Waals surface area contributed by atoms with E-state index < -0.39 is 0 Å². The van der Waals surface area contributed by atoms with Crippen molar-refractivity contribution in [1.29, 1.82) is 0 Å². The van der Waals surface area contributed by atoms with Crippen LogP contribution in [0.1, 0.15) is 20.3 Å². The van der Waals surface area contributed by atoms with Gasteiger partial charge >= 0.3 is 0 Å². The molecule has 0 rings (SSSR count). The largest absolute Gasteiger partial charge is 0.395 e. The summed E-state index contributed by atoms with van der Waals surface area (Å²) in [4.78, 5) is 2.34. The topological polar surface area (TPSA) is 58.7 Å². The summed E-state index contributed by atoms with van der Waals surface area (Å²) in [5.74, 6) is 0.646. The first-order chi connectivity index (χ1) is 7.10. The Morgan fingerprint density at radius 2 is 2.00 bits per heavy atom. The predicted octanol–water partition coefficient (Wildman–Crippen LogP) is 0.301. The van der Waals surface area contributed by atoms with Crippen molar-refractivity contribution in [2.24, 2.45) is 11.7 Å². The zero-order valence-corrected chi connectivity index (χ0v) is 10.3. The molecule has 15 heavy (non-hydrogen) atoms. The number of aliphatic hydroxyl groups is 1. The summed E-state index contributed by atoms with van der Waals surface area (Å²) in [7, 11) is 1.72. The molecule has 0 saturated carbocycles. The van der Waals surface area contributed by atoms with Crippen LogP contribution in [0.25, 0.3) is 0 Å². The van der Waals surface area contributed by atoms with Gasteiger partial charge in [0.15, 0.2) is 0 Å². The van der Waals surface area contributed by atoms with Crippen molar-refractivity contribution in [3.8, 4) is 0 Å². The third-order valence-corrected chi connectivity index (χ3v) is 2.29. The van der Waals surface area contributed by atoms with Gasteiger partial charge in [0.1, 0.15) is 0 Å². The number of hydrogen-bond donors (Lipinski definition) is 2. The van der Waals surface area contributed by atoms with Crippen molar-refractivity contribution in [1.82, 2.24) is 4.90 Å². The smallest absolute Gasteiger partial charge is 0.0589 e. The molecule has 0 bridgehead atoms. The second-order valence-corrected chi connectivity index (χ2v) is 4.42. The molecule has 3 N–H and O–H groups in total. The van der Waals surface area contributed by atoms with E-state index in [4.69, 9.17) is 15.6 Å². The van der Waals surface area contributed by atoms with Crippen LogP contribution in [0.2, 0.25) is 0 Å². The molecule has 0 radical (unpaired) electrons. The Labute approximate surface area is 93.4 Å². The Balaban J connectivity index is 3.78. The lowest BCUT2D eigenvalue weighted by Gasteiger charge is -2.24. The van der Waals surface area contributed by atoms with Crippen LogP contribution in [0.5, 0.6) is 0 Å². The van der Waals surface area contributed by atoms with Crippen LogP contribution in [0.4, 0.5) is 0 Å². The molecule has 1 unspecified atom stereocenters. The Hall–Kier alpha value is -0.160. The number of rotatable bonds is 9. The van der Waals surface area contributed by atoms with Gasteiger partial charge < -0.3 is 20.5 Å². The summed E-state index contributed by atoms with van der Waals surface area (Å²) in [6, 6.07) is -0.0952. The van der Waals surface area contributed by atoms with E-state index in [1.807, 2.05) is 0 Å². The molecular formula is C11H26N2O2. The number of nitrogens with zero attached hydrogens (tertiary/aromatic N) is 1.